The molecule has 4 rings (SSSR count). The Bertz CT molecular complexity index is 1020. The molecule has 0 amide bonds. The first kappa shape index (κ1) is 27.4. The van der Waals surface area contributed by atoms with Gasteiger partial charge in [0.25, 0.3) is 0 Å². The van der Waals surface area contributed by atoms with Crippen molar-refractivity contribution in [2.75, 3.05) is 13.2 Å². The number of hydrogen-bond donors (Lipinski definition) is 1. The van der Waals surface area contributed by atoms with E-state index in [4.69, 9.17) is 9.47 Å². The summed E-state index contributed by atoms with van der Waals surface area (Å²) in [4.78, 5) is 11.6. The summed E-state index contributed by atoms with van der Waals surface area (Å²) in [6.07, 6.45) is 12.6. The summed E-state index contributed by atoms with van der Waals surface area (Å²) in [6.45, 7) is 7.80. The lowest BCUT2D eigenvalue weighted by molar-refractivity contribution is -0.139. The predicted molar refractivity (Wildman–Crippen MR) is 150 cm³/mol. The van der Waals surface area contributed by atoms with Crippen LogP contribution in [0.5, 0.6) is 5.75 Å². The number of esters is 1. The fourth-order valence-corrected chi connectivity index (χ4v) is 6.35. The second-order valence-electron chi connectivity index (χ2n) is 11.2. The van der Waals surface area contributed by atoms with Crippen molar-refractivity contribution in [3.05, 3.63) is 65.7 Å². The number of aliphatic hydroxyl groups excluding tert-OH is 1. The van der Waals surface area contributed by atoms with Crippen LogP contribution in [0.2, 0.25) is 0 Å². The fraction of sp³-hybridized carbons (Fsp3) is 0.545. The molecule has 0 spiro atoms. The van der Waals surface area contributed by atoms with Crippen LogP contribution < -0.4 is 4.74 Å². The molecule has 37 heavy (non-hydrogen) atoms. The van der Waals surface area contributed by atoms with Gasteiger partial charge in [-0.05, 0) is 91.9 Å². The van der Waals surface area contributed by atoms with Crippen LogP contribution in [0.1, 0.15) is 88.7 Å². The van der Waals surface area contributed by atoms with E-state index in [9.17, 15) is 9.90 Å². The van der Waals surface area contributed by atoms with Crippen LogP contribution in [0.15, 0.2) is 54.6 Å². The third-order valence-electron chi connectivity index (χ3n) is 8.78. The molecule has 0 heterocycles. The molecule has 0 atom stereocenters. The maximum Gasteiger partial charge on any atom is 0.333 e. The van der Waals surface area contributed by atoms with Gasteiger partial charge in [-0.3, -0.25) is 0 Å². The minimum atomic E-state index is -0.424. The second kappa shape index (κ2) is 13.3. The van der Waals surface area contributed by atoms with Crippen molar-refractivity contribution in [1.82, 2.24) is 0 Å². The third kappa shape index (κ3) is 7.25. The molecule has 0 unspecified atom stereocenters. The zero-order chi connectivity index (χ0) is 26.2. The van der Waals surface area contributed by atoms with Gasteiger partial charge in [0.05, 0.1) is 6.61 Å². The van der Waals surface area contributed by atoms with Crippen LogP contribution in [-0.4, -0.2) is 24.3 Å². The van der Waals surface area contributed by atoms with Crippen molar-refractivity contribution >= 4 is 5.97 Å². The first-order chi connectivity index (χ1) is 18.0. The molecule has 0 bridgehead atoms. The summed E-state index contributed by atoms with van der Waals surface area (Å²) in [6, 6.07) is 14.9. The van der Waals surface area contributed by atoms with Crippen LogP contribution in [0.4, 0.5) is 0 Å². The lowest BCUT2D eigenvalue weighted by Crippen LogP contribution is -2.25. The number of hydrogen-bond acceptors (Lipinski definition) is 4. The molecule has 2 aliphatic carbocycles. The van der Waals surface area contributed by atoms with E-state index < -0.39 is 5.97 Å². The summed E-state index contributed by atoms with van der Waals surface area (Å²) in [5.74, 6) is 3.77. The van der Waals surface area contributed by atoms with Crippen molar-refractivity contribution in [2.24, 2.45) is 17.8 Å². The van der Waals surface area contributed by atoms with Gasteiger partial charge in [0, 0.05) is 11.1 Å². The van der Waals surface area contributed by atoms with Crippen molar-refractivity contribution in [3.8, 4) is 16.9 Å². The molecule has 2 fully saturated rings. The van der Waals surface area contributed by atoms with Crippen LogP contribution in [0.3, 0.4) is 0 Å². The summed E-state index contributed by atoms with van der Waals surface area (Å²) < 4.78 is 11.0. The van der Waals surface area contributed by atoms with Gasteiger partial charge in [0.15, 0.2) is 0 Å². The molecule has 2 aliphatic rings. The summed E-state index contributed by atoms with van der Waals surface area (Å²) in [5.41, 5.74) is 4.72. The SMILES string of the molecule is C=C(C)C(=O)OCCOc1cc(-c2ccc(C3CCC(C4CCC(CC)CC4)CC3)cc2)ccc1CO. The van der Waals surface area contributed by atoms with Gasteiger partial charge in [-0.1, -0.05) is 69.2 Å². The fourth-order valence-electron chi connectivity index (χ4n) is 6.35. The van der Waals surface area contributed by atoms with Crippen LogP contribution >= 0.6 is 0 Å². The number of aliphatic hydroxyl groups is 1. The first-order valence-corrected chi connectivity index (χ1v) is 14.3. The summed E-state index contributed by atoms with van der Waals surface area (Å²) in [5, 5.41) is 9.73. The van der Waals surface area contributed by atoms with Gasteiger partial charge in [-0.2, -0.15) is 0 Å². The van der Waals surface area contributed by atoms with Crippen LogP contribution in [0.25, 0.3) is 11.1 Å². The number of ether oxygens (including phenoxy) is 2. The summed E-state index contributed by atoms with van der Waals surface area (Å²) >= 11 is 0. The Balaban J connectivity index is 1.32. The maximum absolute atomic E-state index is 11.6. The highest BCUT2D eigenvalue weighted by Gasteiger charge is 2.30. The quantitative estimate of drug-likeness (QED) is 0.203. The highest BCUT2D eigenvalue weighted by atomic mass is 16.6. The molecular weight excluding hydrogens is 460 g/mol. The largest absolute Gasteiger partial charge is 0.490 e. The Kier molecular flexibility index (Phi) is 9.85. The topological polar surface area (TPSA) is 55.8 Å². The number of rotatable bonds is 10. The van der Waals surface area contributed by atoms with Gasteiger partial charge in [0.1, 0.15) is 19.0 Å². The average Bonchev–Trinajstić information content (AvgIpc) is 2.95. The van der Waals surface area contributed by atoms with Crippen molar-refractivity contribution < 1.29 is 19.4 Å². The molecular formula is C33H44O4. The average molecular weight is 505 g/mol. The highest BCUT2D eigenvalue weighted by molar-refractivity contribution is 5.86. The monoisotopic (exact) mass is 504 g/mol. The molecule has 4 heteroatoms. The molecule has 0 aromatic heterocycles. The smallest absolute Gasteiger partial charge is 0.333 e. The van der Waals surface area contributed by atoms with Gasteiger partial charge in [-0.15, -0.1) is 0 Å². The zero-order valence-electron chi connectivity index (χ0n) is 22.7. The lowest BCUT2D eigenvalue weighted by Gasteiger charge is -2.38. The second-order valence-corrected chi connectivity index (χ2v) is 11.2. The van der Waals surface area contributed by atoms with Gasteiger partial charge in [0.2, 0.25) is 0 Å². The Hall–Kier alpha value is -2.59. The maximum atomic E-state index is 11.6. The van der Waals surface area contributed by atoms with Crippen molar-refractivity contribution in [1.29, 1.82) is 0 Å². The number of carbonyl (C=O) groups is 1. The molecule has 1 N–H and O–H groups in total. The van der Waals surface area contributed by atoms with Crippen LogP contribution in [0, 0.1) is 17.8 Å². The van der Waals surface area contributed by atoms with E-state index in [2.05, 4.69) is 37.8 Å². The number of carbonyl (C=O) groups excluding carboxylic acids is 1. The van der Waals surface area contributed by atoms with Crippen molar-refractivity contribution in [2.45, 2.75) is 84.2 Å². The molecule has 0 aliphatic heterocycles. The molecule has 2 saturated carbocycles. The Labute approximate surface area is 223 Å². The van der Waals surface area contributed by atoms with Gasteiger partial charge in [-0.25, -0.2) is 4.79 Å². The Morgan fingerprint density at radius 2 is 1.51 bits per heavy atom. The molecule has 0 saturated heterocycles. The van der Waals surface area contributed by atoms with E-state index in [1.165, 1.54) is 63.4 Å². The number of benzene rings is 2. The molecule has 2 aromatic carbocycles. The molecule has 200 valence electrons. The van der Waals surface area contributed by atoms with Crippen LogP contribution in [-0.2, 0) is 16.1 Å². The van der Waals surface area contributed by atoms with Gasteiger partial charge < -0.3 is 14.6 Å². The van der Waals surface area contributed by atoms with E-state index in [-0.39, 0.29) is 19.8 Å². The zero-order valence-corrected chi connectivity index (χ0v) is 22.7. The summed E-state index contributed by atoms with van der Waals surface area (Å²) in [7, 11) is 0. The molecule has 4 nitrogen and oxygen atoms in total. The van der Waals surface area contributed by atoms with Gasteiger partial charge >= 0.3 is 5.97 Å². The molecule has 2 aromatic rings. The lowest BCUT2D eigenvalue weighted by atomic mass is 9.68. The normalized spacial score (nSPS) is 23.9. The van der Waals surface area contributed by atoms with E-state index in [1.54, 1.807) is 6.92 Å². The van der Waals surface area contributed by atoms with Crippen molar-refractivity contribution in [3.63, 3.8) is 0 Å². The van der Waals surface area contributed by atoms with E-state index in [0.717, 1.165) is 28.9 Å². The Morgan fingerprint density at radius 3 is 2.11 bits per heavy atom. The third-order valence-corrected chi connectivity index (χ3v) is 8.78. The highest BCUT2D eigenvalue weighted by Crippen LogP contribution is 2.44. The minimum Gasteiger partial charge on any atom is -0.490 e. The minimum absolute atomic E-state index is 0.108. The Morgan fingerprint density at radius 1 is 0.892 bits per heavy atom. The standard InChI is InChI=1S/C33H44O4/c1-4-24-5-7-25(8-6-24)26-9-11-27(12-10-26)28-13-15-29(16-14-28)30-17-18-31(22-34)32(21-30)36-19-20-37-33(35)23(2)3/h13-18,21,24-27,34H,2,4-12,19-20,22H2,1,3H3. The van der Waals surface area contributed by atoms with E-state index in [1.807, 2.05) is 18.2 Å². The van der Waals surface area contributed by atoms with E-state index in [0.29, 0.717) is 22.8 Å². The first-order valence-electron chi connectivity index (χ1n) is 14.3. The molecule has 0 radical (unpaired) electrons. The predicted octanol–water partition coefficient (Wildman–Crippen LogP) is 7.83. The van der Waals surface area contributed by atoms with E-state index >= 15 is 0 Å².